The Hall–Kier alpha value is -3.18. The molecule has 3 rings (SSSR count). The van der Waals surface area contributed by atoms with Gasteiger partial charge in [0, 0.05) is 5.02 Å². The number of barbiturate groups is 1. The third-order valence-electron chi connectivity index (χ3n) is 3.52. The molecular formula is C19H13ClN2O3. The minimum atomic E-state index is -0.804. The van der Waals surface area contributed by atoms with E-state index in [4.69, 9.17) is 11.6 Å². The fraction of sp³-hybridized carbons (Fsp3) is 0. The van der Waals surface area contributed by atoms with E-state index in [0.717, 1.165) is 10.5 Å². The molecule has 0 atom stereocenters. The Kier molecular flexibility index (Phi) is 4.77. The highest BCUT2D eigenvalue weighted by atomic mass is 35.5. The molecule has 1 aliphatic heterocycles. The first-order valence-electron chi connectivity index (χ1n) is 7.45. The molecule has 1 fully saturated rings. The zero-order valence-electron chi connectivity index (χ0n) is 13.0. The van der Waals surface area contributed by atoms with Gasteiger partial charge in [-0.1, -0.05) is 60.2 Å². The summed E-state index contributed by atoms with van der Waals surface area (Å²) in [5, 5.41) is 2.54. The van der Waals surface area contributed by atoms with Crippen LogP contribution in [0.3, 0.4) is 0 Å². The average molecular weight is 353 g/mol. The van der Waals surface area contributed by atoms with Gasteiger partial charge in [-0.05, 0) is 29.8 Å². The molecule has 4 amide bonds. The normalized spacial score (nSPS) is 16.6. The molecule has 6 heteroatoms. The first-order chi connectivity index (χ1) is 12.1. The Balaban J connectivity index is 1.90. The molecule has 2 aromatic carbocycles. The van der Waals surface area contributed by atoms with Crippen LogP contribution in [0.5, 0.6) is 0 Å². The number of rotatable bonds is 3. The van der Waals surface area contributed by atoms with E-state index in [2.05, 4.69) is 5.32 Å². The average Bonchev–Trinajstić information content (AvgIpc) is 2.58. The summed E-state index contributed by atoms with van der Waals surface area (Å²) in [7, 11) is 0. The molecule has 0 saturated carbocycles. The predicted octanol–water partition coefficient (Wildman–Crippen LogP) is 3.56. The second kappa shape index (κ2) is 7.15. The van der Waals surface area contributed by atoms with E-state index in [1.165, 1.54) is 12.1 Å². The largest absolute Gasteiger partial charge is 0.335 e. The van der Waals surface area contributed by atoms with Gasteiger partial charge in [0.15, 0.2) is 0 Å². The number of imide groups is 2. The minimum absolute atomic E-state index is 0.133. The van der Waals surface area contributed by atoms with Crippen molar-refractivity contribution in [3.8, 4) is 0 Å². The fourth-order valence-electron chi connectivity index (χ4n) is 2.35. The number of hydrogen-bond donors (Lipinski definition) is 1. The molecule has 0 unspecified atom stereocenters. The number of urea groups is 1. The van der Waals surface area contributed by atoms with Gasteiger partial charge in [0.1, 0.15) is 5.57 Å². The number of nitrogens with one attached hydrogen (secondary N) is 1. The molecule has 25 heavy (non-hydrogen) atoms. The number of hydrogen-bond acceptors (Lipinski definition) is 3. The maximum absolute atomic E-state index is 12.6. The lowest BCUT2D eigenvalue weighted by Crippen LogP contribution is -2.54. The van der Waals surface area contributed by atoms with Crippen LogP contribution in [0.25, 0.3) is 6.08 Å². The van der Waals surface area contributed by atoms with Crippen molar-refractivity contribution < 1.29 is 14.4 Å². The number of halogens is 1. The second-order valence-corrected chi connectivity index (χ2v) is 5.67. The molecule has 0 spiro atoms. The van der Waals surface area contributed by atoms with Crippen molar-refractivity contribution in [1.82, 2.24) is 5.32 Å². The Morgan fingerprint density at radius 3 is 2.44 bits per heavy atom. The second-order valence-electron chi connectivity index (χ2n) is 5.23. The zero-order chi connectivity index (χ0) is 17.8. The molecule has 0 radical (unpaired) electrons. The minimum Gasteiger partial charge on any atom is -0.273 e. The zero-order valence-corrected chi connectivity index (χ0v) is 13.7. The third kappa shape index (κ3) is 3.67. The molecule has 0 aromatic heterocycles. The van der Waals surface area contributed by atoms with Gasteiger partial charge in [0.2, 0.25) is 0 Å². The number of amides is 4. The Bertz CT molecular complexity index is 904. The molecule has 1 heterocycles. The van der Waals surface area contributed by atoms with Crippen molar-refractivity contribution in [3.63, 3.8) is 0 Å². The highest BCUT2D eigenvalue weighted by molar-refractivity contribution is 6.38. The smallest absolute Gasteiger partial charge is 0.273 e. The van der Waals surface area contributed by atoms with Gasteiger partial charge in [-0.25, -0.2) is 9.69 Å². The van der Waals surface area contributed by atoms with Crippen molar-refractivity contribution in [2.45, 2.75) is 0 Å². The van der Waals surface area contributed by atoms with Crippen molar-refractivity contribution in [2.75, 3.05) is 4.90 Å². The molecular weight excluding hydrogens is 340 g/mol. The van der Waals surface area contributed by atoms with Gasteiger partial charge in [0.25, 0.3) is 11.8 Å². The van der Waals surface area contributed by atoms with E-state index in [1.807, 2.05) is 30.3 Å². The van der Waals surface area contributed by atoms with Crippen LogP contribution in [0.4, 0.5) is 10.5 Å². The van der Waals surface area contributed by atoms with Crippen LogP contribution in [-0.2, 0) is 9.59 Å². The summed E-state index contributed by atoms with van der Waals surface area (Å²) in [6, 6.07) is 14.9. The van der Waals surface area contributed by atoms with Gasteiger partial charge in [0.05, 0.1) is 5.69 Å². The summed E-state index contributed by atoms with van der Waals surface area (Å²) in [5.74, 6) is -1.43. The first kappa shape index (κ1) is 16.7. The summed E-state index contributed by atoms with van der Waals surface area (Å²) < 4.78 is 0. The quantitative estimate of drug-likeness (QED) is 0.678. The van der Waals surface area contributed by atoms with Crippen molar-refractivity contribution in [2.24, 2.45) is 0 Å². The molecule has 0 aliphatic carbocycles. The summed E-state index contributed by atoms with van der Waals surface area (Å²) in [6.45, 7) is 0. The van der Waals surface area contributed by atoms with E-state index in [-0.39, 0.29) is 5.57 Å². The lowest BCUT2D eigenvalue weighted by Gasteiger charge is -2.26. The molecule has 2 aromatic rings. The highest BCUT2D eigenvalue weighted by Gasteiger charge is 2.36. The molecule has 5 nitrogen and oxygen atoms in total. The lowest BCUT2D eigenvalue weighted by molar-refractivity contribution is -0.122. The molecule has 124 valence electrons. The highest BCUT2D eigenvalue weighted by Crippen LogP contribution is 2.23. The van der Waals surface area contributed by atoms with Crippen LogP contribution in [0.15, 0.2) is 72.3 Å². The van der Waals surface area contributed by atoms with Gasteiger partial charge >= 0.3 is 6.03 Å². The Labute approximate surface area is 149 Å². The number of anilines is 1. The molecule has 0 bridgehead atoms. The van der Waals surface area contributed by atoms with Crippen LogP contribution < -0.4 is 10.2 Å². The predicted molar refractivity (Wildman–Crippen MR) is 96.0 cm³/mol. The van der Waals surface area contributed by atoms with Gasteiger partial charge in [-0.3, -0.25) is 14.9 Å². The van der Waals surface area contributed by atoms with Crippen LogP contribution in [0.1, 0.15) is 5.56 Å². The number of allylic oxidation sites excluding steroid dienone is 2. The van der Waals surface area contributed by atoms with Crippen LogP contribution in [0, 0.1) is 0 Å². The number of carbonyl (C=O) groups is 3. The van der Waals surface area contributed by atoms with Crippen molar-refractivity contribution in [3.05, 3.63) is 82.9 Å². The van der Waals surface area contributed by atoms with E-state index in [9.17, 15) is 14.4 Å². The molecule has 1 saturated heterocycles. The SMILES string of the molecule is O=C1NC(=O)N(c2cccc(Cl)c2)C(=O)/C1=C\C=C\c1ccccc1. The Morgan fingerprint density at radius 1 is 0.960 bits per heavy atom. The van der Waals surface area contributed by atoms with Crippen LogP contribution in [-0.4, -0.2) is 17.8 Å². The molecule has 1 aliphatic rings. The standard InChI is InChI=1S/C19H13ClN2O3/c20-14-9-5-10-15(12-14)22-18(24)16(17(23)21-19(22)25)11-4-8-13-6-2-1-3-7-13/h1-12H,(H,21,23,25)/b8-4+,16-11-. The number of nitrogens with zero attached hydrogens (tertiary/aromatic N) is 1. The fourth-order valence-corrected chi connectivity index (χ4v) is 2.53. The lowest BCUT2D eigenvalue weighted by atomic mass is 10.1. The van der Waals surface area contributed by atoms with Gasteiger partial charge in [-0.2, -0.15) is 0 Å². The van der Waals surface area contributed by atoms with E-state index >= 15 is 0 Å². The van der Waals surface area contributed by atoms with Crippen LogP contribution >= 0.6 is 11.6 Å². The van der Waals surface area contributed by atoms with E-state index < -0.39 is 17.8 Å². The third-order valence-corrected chi connectivity index (χ3v) is 3.75. The van der Waals surface area contributed by atoms with Crippen molar-refractivity contribution >= 4 is 41.2 Å². The topological polar surface area (TPSA) is 66.5 Å². The van der Waals surface area contributed by atoms with Crippen molar-refractivity contribution in [1.29, 1.82) is 0 Å². The van der Waals surface area contributed by atoms with Crippen LogP contribution in [0.2, 0.25) is 5.02 Å². The molecule has 1 N–H and O–H groups in total. The Morgan fingerprint density at radius 2 is 1.72 bits per heavy atom. The number of benzene rings is 2. The van der Waals surface area contributed by atoms with E-state index in [0.29, 0.717) is 10.7 Å². The van der Waals surface area contributed by atoms with Gasteiger partial charge in [-0.15, -0.1) is 0 Å². The summed E-state index contributed by atoms with van der Waals surface area (Å²) >= 11 is 5.91. The summed E-state index contributed by atoms with van der Waals surface area (Å²) in [6.07, 6.45) is 4.73. The van der Waals surface area contributed by atoms with Gasteiger partial charge < -0.3 is 0 Å². The van der Waals surface area contributed by atoms with E-state index in [1.54, 1.807) is 30.4 Å². The monoisotopic (exact) mass is 352 g/mol. The summed E-state index contributed by atoms with van der Waals surface area (Å²) in [5.41, 5.74) is 1.08. The first-order valence-corrected chi connectivity index (χ1v) is 7.83. The summed E-state index contributed by atoms with van der Waals surface area (Å²) in [4.78, 5) is 37.5. The maximum atomic E-state index is 12.6. The number of carbonyl (C=O) groups excluding carboxylic acids is 3. The maximum Gasteiger partial charge on any atom is 0.335 e.